The van der Waals surface area contributed by atoms with Gasteiger partial charge in [0.1, 0.15) is 17.3 Å². The van der Waals surface area contributed by atoms with E-state index >= 15 is 0 Å². The topological polar surface area (TPSA) is 18.5 Å². The molecular weight excluding hydrogens is 363 g/mol. The molecule has 2 aromatic carbocycles. The van der Waals surface area contributed by atoms with Gasteiger partial charge in [0.05, 0.1) is 13.7 Å². The minimum absolute atomic E-state index is 0.108. The number of ether oxygens (including phenoxy) is 2. The minimum Gasteiger partial charge on any atom is -0.497 e. The summed E-state index contributed by atoms with van der Waals surface area (Å²) in [5.41, 5.74) is 2.24. The van der Waals surface area contributed by atoms with Crippen LogP contribution >= 0.6 is 0 Å². The molecule has 0 aromatic heterocycles. The van der Waals surface area contributed by atoms with Crippen molar-refractivity contribution in [2.75, 3.05) is 13.7 Å². The van der Waals surface area contributed by atoms with Crippen LogP contribution in [0.5, 0.6) is 11.5 Å². The molecule has 2 fully saturated rings. The summed E-state index contributed by atoms with van der Waals surface area (Å²) in [6, 6.07) is 13.8. The summed E-state index contributed by atoms with van der Waals surface area (Å²) in [6.07, 6.45) is 8.15. The third-order valence-corrected chi connectivity index (χ3v) is 6.89. The lowest BCUT2D eigenvalue weighted by Crippen LogP contribution is -2.20. The zero-order valence-corrected chi connectivity index (χ0v) is 17.7. The fourth-order valence-electron chi connectivity index (χ4n) is 4.99. The standard InChI is InChI=1S/C26H33FO2/c1-3-24(19-11-12-19)21-5-4-6-23(15-21)29-17-18-7-9-20(10-8-18)25-16-22(28-2)13-14-26(25)27/h4-6,13-16,18-20,24H,3,7-12,17H2,1-2H3. The van der Waals surface area contributed by atoms with E-state index in [0.29, 0.717) is 11.8 Å². The van der Waals surface area contributed by atoms with Crippen LogP contribution in [0.1, 0.15) is 74.8 Å². The Morgan fingerprint density at radius 2 is 1.76 bits per heavy atom. The predicted molar refractivity (Wildman–Crippen MR) is 115 cm³/mol. The first-order chi connectivity index (χ1) is 14.2. The number of halogens is 1. The fourth-order valence-corrected chi connectivity index (χ4v) is 4.99. The van der Waals surface area contributed by atoms with E-state index in [1.165, 1.54) is 30.9 Å². The molecule has 0 spiro atoms. The highest BCUT2D eigenvalue weighted by Crippen LogP contribution is 2.45. The molecule has 29 heavy (non-hydrogen) atoms. The van der Waals surface area contributed by atoms with Crippen molar-refractivity contribution in [1.82, 2.24) is 0 Å². The van der Waals surface area contributed by atoms with E-state index in [1.54, 1.807) is 13.2 Å². The van der Waals surface area contributed by atoms with Crippen molar-refractivity contribution in [2.45, 2.75) is 63.7 Å². The quantitative estimate of drug-likeness (QED) is 0.474. The molecule has 0 heterocycles. The van der Waals surface area contributed by atoms with Gasteiger partial charge >= 0.3 is 0 Å². The van der Waals surface area contributed by atoms with Crippen molar-refractivity contribution in [1.29, 1.82) is 0 Å². The summed E-state index contributed by atoms with van der Waals surface area (Å²) in [6.45, 7) is 3.05. The smallest absolute Gasteiger partial charge is 0.126 e. The number of hydrogen-bond donors (Lipinski definition) is 0. The maximum absolute atomic E-state index is 14.3. The molecule has 0 saturated heterocycles. The van der Waals surface area contributed by atoms with Crippen LogP contribution in [0.2, 0.25) is 0 Å². The maximum Gasteiger partial charge on any atom is 0.126 e. The summed E-state index contributed by atoms with van der Waals surface area (Å²) in [5, 5.41) is 0. The Morgan fingerprint density at radius 1 is 0.966 bits per heavy atom. The highest BCUT2D eigenvalue weighted by molar-refractivity contribution is 5.33. The van der Waals surface area contributed by atoms with Crippen molar-refractivity contribution < 1.29 is 13.9 Å². The summed E-state index contributed by atoms with van der Waals surface area (Å²) in [4.78, 5) is 0. The minimum atomic E-state index is -0.108. The molecular formula is C26H33FO2. The Hall–Kier alpha value is -2.03. The van der Waals surface area contributed by atoms with Crippen molar-refractivity contribution in [3.05, 3.63) is 59.4 Å². The molecule has 3 heteroatoms. The number of methoxy groups -OCH3 is 1. The SMILES string of the molecule is CCC(c1cccc(OCC2CCC(c3cc(OC)ccc3F)CC2)c1)C1CC1. The molecule has 4 rings (SSSR count). The van der Waals surface area contributed by atoms with E-state index in [0.717, 1.165) is 55.3 Å². The van der Waals surface area contributed by atoms with Gasteiger partial charge in [0, 0.05) is 0 Å². The lowest BCUT2D eigenvalue weighted by atomic mass is 9.79. The molecule has 2 aliphatic rings. The van der Waals surface area contributed by atoms with Gasteiger partial charge in [-0.25, -0.2) is 4.39 Å². The second-order valence-corrected chi connectivity index (χ2v) is 8.84. The molecule has 2 saturated carbocycles. The van der Waals surface area contributed by atoms with Gasteiger partial charge in [-0.2, -0.15) is 0 Å². The Kier molecular flexibility index (Phi) is 6.42. The van der Waals surface area contributed by atoms with E-state index in [4.69, 9.17) is 9.47 Å². The molecule has 0 amide bonds. The van der Waals surface area contributed by atoms with Crippen molar-refractivity contribution >= 4 is 0 Å². The van der Waals surface area contributed by atoms with Crippen molar-refractivity contribution in [2.24, 2.45) is 11.8 Å². The summed E-state index contributed by atoms with van der Waals surface area (Å²) < 4.78 is 25.7. The van der Waals surface area contributed by atoms with Gasteiger partial charge in [-0.05, 0) is 110 Å². The van der Waals surface area contributed by atoms with E-state index in [9.17, 15) is 4.39 Å². The molecule has 0 aliphatic heterocycles. The van der Waals surface area contributed by atoms with E-state index in [2.05, 4.69) is 31.2 Å². The second kappa shape index (κ2) is 9.19. The number of benzene rings is 2. The fraction of sp³-hybridized carbons (Fsp3) is 0.538. The zero-order chi connectivity index (χ0) is 20.2. The van der Waals surface area contributed by atoms with Gasteiger partial charge in [-0.3, -0.25) is 0 Å². The molecule has 2 aliphatic carbocycles. The first-order valence-corrected chi connectivity index (χ1v) is 11.2. The monoisotopic (exact) mass is 396 g/mol. The molecule has 1 atom stereocenters. The van der Waals surface area contributed by atoms with Crippen LogP contribution in [-0.4, -0.2) is 13.7 Å². The first kappa shape index (κ1) is 20.3. The summed E-state index contributed by atoms with van der Waals surface area (Å²) in [5.74, 6) is 4.03. The van der Waals surface area contributed by atoms with Crippen molar-refractivity contribution in [3.8, 4) is 11.5 Å². The maximum atomic E-state index is 14.3. The number of rotatable bonds is 8. The Labute approximate surface area is 174 Å². The van der Waals surface area contributed by atoms with Crippen LogP contribution < -0.4 is 9.47 Å². The normalized spacial score (nSPS) is 22.9. The molecule has 2 aromatic rings. The van der Waals surface area contributed by atoms with Crippen LogP contribution in [-0.2, 0) is 0 Å². The van der Waals surface area contributed by atoms with E-state index in [1.807, 2.05) is 6.07 Å². The molecule has 0 N–H and O–H groups in total. The van der Waals surface area contributed by atoms with Crippen LogP contribution in [0.15, 0.2) is 42.5 Å². The van der Waals surface area contributed by atoms with Crippen molar-refractivity contribution in [3.63, 3.8) is 0 Å². The van der Waals surface area contributed by atoms with E-state index in [-0.39, 0.29) is 11.7 Å². The highest BCUT2D eigenvalue weighted by Gasteiger charge is 2.31. The summed E-state index contributed by atoms with van der Waals surface area (Å²) in [7, 11) is 1.63. The molecule has 156 valence electrons. The average molecular weight is 397 g/mol. The van der Waals surface area contributed by atoms with Gasteiger partial charge < -0.3 is 9.47 Å². The largest absolute Gasteiger partial charge is 0.497 e. The van der Waals surface area contributed by atoms with Gasteiger partial charge in [-0.1, -0.05) is 19.1 Å². The Bertz CT molecular complexity index is 806. The second-order valence-electron chi connectivity index (χ2n) is 8.84. The summed E-state index contributed by atoms with van der Waals surface area (Å²) >= 11 is 0. The van der Waals surface area contributed by atoms with Gasteiger partial charge in [0.2, 0.25) is 0 Å². The first-order valence-electron chi connectivity index (χ1n) is 11.2. The highest BCUT2D eigenvalue weighted by atomic mass is 19.1. The zero-order valence-electron chi connectivity index (χ0n) is 17.7. The molecule has 1 unspecified atom stereocenters. The van der Waals surface area contributed by atoms with Crippen LogP contribution in [0.25, 0.3) is 0 Å². The van der Waals surface area contributed by atoms with Crippen LogP contribution in [0, 0.1) is 17.7 Å². The number of hydrogen-bond acceptors (Lipinski definition) is 2. The predicted octanol–water partition coefficient (Wildman–Crippen LogP) is 7.09. The van der Waals surface area contributed by atoms with Crippen LogP contribution in [0.4, 0.5) is 4.39 Å². The van der Waals surface area contributed by atoms with Gasteiger partial charge in [0.15, 0.2) is 0 Å². The van der Waals surface area contributed by atoms with Gasteiger partial charge in [0.25, 0.3) is 0 Å². The van der Waals surface area contributed by atoms with E-state index < -0.39 is 0 Å². The third-order valence-electron chi connectivity index (χ3n) is 6.89. The van der Waals surface area contributed by atoms with Crippen LogP contribution in [0.3, 0.4) is 0 Å². The Balaban J connectivity index is 1.30. The Morgan fingerprint density at radius 3 is 2.45 bits per heavy atom. The molecule has 0 bridgehead atoms. The molecule has 2 nitrogen and oxygen atoms in total. The van der Waals surface area contributed by atoms with Gasteiger partial charge in [-0.15, -0.1) is 0 Å². The lowest BCUT2D eigenvalue weighted by molar-refractivity contribution is 0.199. The molecule has 0 radical (unpaired) electrons. The third kappa shape index (κ3) is 4.94. The average Bonchev–Trinajstić information content (AvgIpc) is 3.59. The lowest BCUT2D eigenvalue weighted by Gasteiger charge is -2.29.